The van der Waals surface area contributed by atoms with Gasteiger partial charge in [0.05, 0.1) is 6.61 Å². The van der Waals surface area contributed by atoms with Gasteiger partial charge in [0.2, 0.25) is 0 Å². The highest BCUT2D eigenvalue weighted by molar-refractivity contribution is 9.09. The van der Waals surface area contributed by atoms with Crippen LogP contribution in [-0.4, -0.2) is 33.0 Å². The van der Waals surface area contributed by atoms with Crippen molar-refractivity contribution in [2.45, 2.75) is 32.6 Å². The molecule has 19 heavy (non-hydrogen) atoms. The number of ether oxygens (including phenoxy) is 1. The highest BCUT2D eigenvalue weighted by Gasteiger charge is 2.26. The average molecular weight is 357 g/mol. The van der Waals surface area contributed by atoms with Crippen LogP contribution in [-0.2, 0) is 14.9 Å². The molecule has 0 aromatic carbocycles. The highest BCUT2D eigenvalue weighted by Crippen LogP contribution is 2.30. The third-order valence-electron chi connectivity index (χ3n) is 3.29. The first-order valence-electron chi connectivity index (χ1n) is 6.48. The smallest absolute Gasteiger partial charge is 0.421 e. The van der Waals surface area contributed by atoms with Crippen LogP contribution < -0.4 is 9.44 Å². The first kappa shape index (κ1) is 16.7. The molecule has 2 N–H and O–H groups in total. The summed E-state index contributed by atoms with van der Waals surface area (Å²) < 4.78 is 32.0. The normalized spacial score (nSPS) is 23.9. The van der Waals surface area contributed by atoms with Gasteiger partial charge in [-0.1, -0.05) is 28.8 Å². The van der Waals surface area contributed by atoms with Crippen LogP contribution >= 0.6 is 15.9 Å². The topological polar surface area (TPSA) is 84.5 Å². The molecule has 0 aromatic rings. The fourth-order valence-electron chi connectivity index (χ4n) is 2.28. The van der Waals surface area contributed by atoms with Crippen molar-refractivity contribution in [3.05, 3.63) is 0 Å². The quantitative estimate of drug-likeness (QED) is 0.710. The van der Waals surface area contributed by atoms with E-state index in [1.807, 2.05) is 4.72 Å². The molecule has 2 unspecified atom stereocenters. The molecule has 0 bridgehead atoms. The van der Waals surface area contributed by atoms with E-state index in [2.05, 4.69) is 25.4 Å². The molecule has 112 valence electrons. The second kappa shape index (κ2) is 8.06. The van der Waals surface area contributed by atoms with Gasteiger partial charge in [-0.2, -0.15) is 13.1 Å². The molecule has 0 radical (unpaired) electrons. The zero-order valence-electron chi connectivity index (χ0n) is 11.0. The van der Waals surface area contributed by atoms with Crippen LogP contribution in [0.5, 0.6) is 0 Å². The molecule has 8 heteroatoms. The van der Waals surface area contributed by atoms with Gasteiger partial charge < -0.3 is 4.74 Å². The van der Waals surface area contributed by atoms with Gasteiger partial charge in [0.1, 0.15) is 0 Å². The molecule has 2 atom stereocenters. The molecule has 0 aromatic heterocycles. The summed E-state index contributed by atoms with van der Waals surface area (Å²) >= 11 is 3.47. The number of hydrogen-bond acceptors (Lipinski definition) is 4. The largest absolute Gasteiger partial charge is 0.449 e. The number of halogens is 1. The summed E-state index contributed by atoms with van der Waals surface area (Å²) in [5.74, 6) is 0.797. The molecule has 1 amide bonds. The van der Waals surface area contributed by atoms with E-state index in [9.17, 15) is 13.2 Å². The minimum atomic E-state index is -3.82. The van der Waals surface area contributed by atoms with E-state index in [0.717, 1.165) is 24.6 Å². The van der Waals surface area contributed by atoms with Gasteiger partial charge in [0.15, 0.2) is 0 Å². The zero-order valence-corrected chi connectivity index (χ0v) is 13.4. The first-order chi connectivity index (χ1) is 8.98. The van der Waals surface area contributed by atoms with Crippen molar-refractivity contribution in [3.8, 4) is 0 Å². The third kappa shape index (κ3) is 6.09. The summed E-state index contributed by atoms with van der Waals surface area (Å²) in [7, 11) is -3.82. The molecule has 0 saturated heterocycles. The molecule has 0 heterocycles. The van der Waals surface area contributed by atoms with Gasteiger partial charge in [-0.3, -0.25) is 0 Å². The lowest BCUT2D eigenvalue weighted by atomic mass is 9.80. The molecule has 1 saturated carbocycles. The minimum Gasteiger partial charge on any atom is -0.449 e. The Morgan fingerprint density at radius 3 is 2.53 bits per heavy atom. The maximum Gasteiger partial charge on any atom is 0.421 e. The molecule has 0 aliphatic heterocycles. The molecular weight excluding hydrogens is 336 g/mol. The van der Waals surface area contributed by atoms with Crippen molar-refractivity contribution in [1.82, 2.24) is 9.44 Å². The van der Waals surface area contributed by atoms with Gasteiger partial charge in [-0.05, 0) is 31.6 Å². The average Bonchev–Trinajstić information content (AvgIpc) is 2.36. The number of nitrogens with one attached hydrogen (secondary N) is 2. The number of alkyl halides is 1. The van der Waals surface area contributed by atoms with Crippen molar-refractivity contribution < 1.29 is 17.9 Å². The molecule has 1 rings (SSSR count). The van der Waals surface area contributed by atoms with Crippen molar-refractivity contribution in [2.24, 2.45) is 11.8 Å². The van der Waals surface area contributed by atoms with Crippen molar-refractivity contribution in [3.63, 3.8) is 0 Å². The SMILES string of the molecule is CCOC(=O)NS(=O)(=O)NCC1CCCCC1CBr. The van der Waals surface area contributed by atoms with E-state index < -0.39 is 16.3 Å². The summed E-state index contributed by atoms with van der Waals surface area (Å²) in [6.07, 6.45) is 3.50. The predicted molar refractivity (Wildman–Crippen MR) is 76.3 cm³/mol. The molecule has 1 aliphatic rings. The summed E-state index contributed by atoms with van der Waals surface area (Å²) in [5.41, 5.74) is 0. The van der Waals surface area contributed by atoms with Crippen LogP contribution in [0.3, 0.4) is 0 Å². The van der Waals surface area contributed by atoms with Crippen LogP contribution in [0.4, 0.5) is 4.79 Å². The second-order valence-corrected chi connectivity index (χ2v) is 6.78. The van der Waals surface area contributed by atoms with Crippen LogP contribution in [0.2, 0.25) is 0 Å². The summed E-state index contributed by atoms with van der Waals surface area (Å²) in [4.78, 5) is 11.1. The van der Waals surface area contributed by atoms with E-state index in [1.165, 1.54) is 6.42 Å². The standard InChI is InChI=1S/C11H21BrN2O4S/c1-2-18-11(15)14-19(16,17)13-8-10-6-4-3-5-9(10)7-12/h9-10,13H,2-8H2,1H3,(H,14,15). The minimum absolute atomic E-state index is 0.135. The predicted octanol–water partition coefficient (Wildman–Crippen LogP) is 1.77. The zero-order chi connectivity index (χ0) is 14.3. The Balaban J connectivity index is 2.43. The van der Waals surface area contributed by atoms with Gasteiger partial charge in [-0.15, -0.1) is 0 Å². The van der Waals surface area contributed by atoms with Crippen LogP contribution in [0.1, 0.15) is 32.6 Å². The maximum absolute atomic E-state index is 11.6. The van der Waals surface area contributed by atoms with Gasteiger partial charge in [0, 0.05) is 11.9 Å². The molecule has 1 fully saturated rings. The molecular formula is C11H21BrN2O4S. The Hall–Kier alpha value is -0.340. The van der Waals surface area contributed by atoms with E-state index in [-0.39, 0.29) is 6.61 Å². The molecule has 6 nitrogen and oxygen atoms in total. The van der Waals surface area contributed by atoms with Crippen LogP contribution in [0, 0.1) is 11.8 Å². The summed E-state index contributed by atoms with van der Waals surface area (Å²) in [5, 5.41) is 0.880. The Kier molecular flexibility index (Phi) is 7.09. The van der Waals surface area contributed by atoms with Crippen LogP contribution in [0.15, 0.2) is 0 Å². The van der Waals surface area contributed by atoms with E-state index in [4.69, 9.17) is 0 Å². The lowest BCUT2D eigenvalue weighted by molar-refractivity contribution is 0.158. The third-order valence-corrected chi connectivity index (χ3v) is 5.11. The monoisotopic (exact) mass is 356 g/mol. The number of carbonyl (C=O) groups is 1. The molecule has 0 spiro atoms. The lowest BCUT2D eigenvalue weighted by Crippen LogP contribution is -2.43. The number of carbonyl (C=O) groups excluding carboxylic acids is 1. The highest BCUT2D eigenvalue weighted by atomic mass is 79.9. The Bertz CT molecular complexity index is 388. The summed E-state index contributed by atoms with van der Waals surface area (Å²) in [6, 6.07) is 0. The van der Waals surface area contributed by atoms with Crippen LogP contribution in [0.25, 0.3) is 0 Å². The lowest BCUT2D eigenvalue weighted by Gasteiger charge is -2.30. The van der Waals surface area contributed by atoms with Crippen molar-refractivity contribution in [1.29, 1.82) is 0 Å². The van der Waals surface area contributed by atoms with E-state index >= 15 is 0 Å². The Morgan fingerprint density at radius 1 is 1.32 bits per heavy atom. The maximum atomic E-state index is 11.6. The second-order valence-electron chi connectivity index (χ2n) is 4.63. The number of amides is 1. The fourth-order valence-corrected chi connectivity index (χ4v) is 3.92. The van der Waals surface area contributed by atoms with Crippen molar-refractivity contribution >= 4 is 32.2 Å². The summed E-state index contributed by atoms with van der Waals surface area (Å²) in [6.45, 7) is 2.10. The van der Waals surface area contributed by atoms with Gasteiger partial charge >= 0.3 is 16.3 Å². The number of rotatable bonds is 6. The fraction of sp³-hybridized carbons (Fsp3) is 0.909. The van der Waals surface area contributed by atoms with Gasteiger partial charge in [0.25, 0.3) is 0 Å². The van der Waals surface area contributed by atoms with E-state index in [1.54, 1.807) is 6.92 Å². The molecule has 1 aliphatic carbocycles. The first-order valence-corrected chi connectivity index (χ1v) is 9.09. The van der Waals surface area contributed by atoms with Crippen molar-refractivity contribution in [2.75, 3.05) is 18.5 Å². The Labute approximate surface area is 123 Å². The number of hydrogen-bond donors (Lipinski definition) is 2. The van der Waals surface area contributed by atoms with E-state index in [0.29, 0.717) is 18.4 Å². The van der Waals surface area contributed by atoms with Gasteiger partial charge in [-0.25, -0.2) is 9.52 Å². The Morgan fingerprint density at radius 2 is 1.95 bits per heavy atom.